The molecule has 4 nitrogen and oxygen atoms in total. The number of hydrogen-bond donors (Lipinski definition) is 1. The van der Waals surface area contributed by atoms with Crippen LogP contribution in [0.15, 0.2) is 12.4 Å². The summed E-state index contributed by atoms with van der Waals surface area (Å²) >= 11 is 0. The highest BCUT2D eigenvalue weighted by Crippen LogP contribution is 2.05. The first-order valence-electron chi connectivity index (χ1n) is 3.50. The van der Waals surface area contributed by atoms with Gasteiger partial charge in [-0.05, 0) is 6.92 Å². The van der Waals surface area contributed by atoms with E-state index in [4.69, 9.17) is 10.5 Å². The molecule has 1 aromatic rings. The van der Waals surface area contributed by atoms with Crippen LogP contribution in [-0.2, 0) is 6.54 Å². The minimum atomic E-state index is 0.419. The average molecular weight is 153 g/mol. The van der Waals surface area contributed by atoms with Gasteiger partial charge in [0, 0.05) is 12.6 Å². The monoisotopic (exact) mass is 153 g/mol. The molecule has 0 aliphatic rings. The highest BCUT2D eigenvalue weighted by atomic mass is 16.5. The van der Waals surface area contributed by atoms with Crippen molar-refractivity contribution in [2.75, 3.05) is 6.61 Å². The topological polar surface area (TPSA) is 61.0 Å². The van der Waals surface area contributed by atoms with Gasteiger partial charge in [0.2, 0.25) is 5.88 Å². The molecule has 2 N–H and O–H groups in total. The van der Waals surface area contributed by atoms with Gasteiger partial charge in [-0.25, -0.2) is 9.97 Å². The fraction of sp³-hybridized carbons (Fsp3) is 0.429. The lowest BCUT2D eigenvalue weighted by Gasteiger charge is -2.01. The summed E-state index contributed by atoms with van der Waals surface area (Å²) in [6.45, 7) is 2.94. The molecule has 0 spiro atoms. The Bertz CT molecular complexity index is 227. The summed E-state index contributed by atoms with van der Waals surface area (Å²) in [5.41, 5.74) is 6.16. The third-order valence-electron chi connectivity index (χ3n) is 1.20. The minimum absolute atomic E-state index is 0.419. The van der Waals surface area contributed by atoms with Gasteiger partial charge in [0.05, 0.1) is 12.3 Å². The Morgan fingerprint density at radius 1 is 1.55 bits per heavy atom. The van der Waals surface area contributed by atoms with Crippen molar-refractivity contribution in [3.63, 3.8) is 0 Å². The van der Waals surface area contributed by atoms with E-state index in [1.165, 1.54) is 6.33 Å². The average Bonchev–Trinajstić information content (AvgIpc) is 2.06. The van der Waals surface area contributed by atoms with Crippen LogP contribution in [0.3, 0.4) is 0 Å². The summed E-state index contributed by atoms with van der Waals surface area (Å²) in [7, 11) is 0. The number of aromatic nitrogens is 2. The van der Waals surface area contributed by atoms with Crippen molar-refractivity contribution in [2.24, 2.45) is 5.73 Å². The molecule has 1 aromatic heterocycles. The fourth-order valence-corrected chi connectivity index (χ4v) is 0.715. The van der Waals surface area contributed by atoms with Crippen LogP contribution >= 0.6 is 0 Å². The molecule has 0 bridgehead atoms. The highest BCUT2D eigenvalue weighted by Gasteiger charge is 1.95. The van der Waals surface area contributed by atoms with Gasteiger partial charge in [-0.2, -0.15) is 0 Å². The first kappa shape index (κ1) is 7.94. The van der Waals surface area contributed by atoms with Crippen molar-refractivity contribution in [1.29, 1.82) is 0 Å². The summed E-state index contributed by atoms with van der Waals surface area (Å²) in [5, 5.41) is 0. The molecule has 0 saturated heterocycles. The molecular formula is C7H11N3O. The third kappa shape index (κ3) is 2.16. The first-order valence-corrected chi connectivity index (χ1v) is 3.50. The largest absolute Gasteiger partial charge is 0.478 e. The number of nitrogens with two attached hydrogens (primary N) is 1. The van der Waals surface area contributed by atoms with E-state index in [0.29, 0.717) is 19.0 Å². The number of rotatable bonds is 3. The highest BCUT2D eigenvalue weighted by molar-refractivity contribution is 5.12. The standard InChI is InChI=1S/C7H11N3O/c1-2-11-7-3-6(4-8)9-5-10-7/h3,5H,2,4,8H2,1H3. The molecular weight excluding hydrogens is 142 g/mol. The summed E-state index contributed by atoms with van der Waals surface area (Å²) in [6, 6.07) is 1.74. The molecule has 11 heavy (non-hydrogen) atoms. The summed E-state index contributed by atoms with van der Waals surface area (Å²) in [6.07, 6.45) is 1.45. The molecule has 4 heteroatoms. The van der Waals surface area contributed by atoms with Crippen LogP contribution in [-0.4, -0.2) is 16.6 Å². The minimum Gasteiger partial charge on any atom is -0.478 e. The fourth-order valence-electron chi connectivity index (χ4n) is 0.715. The Hall–Kier alpha value is -1.16. The van der Waals surface area contributed by atoms with Crippen molar-refractivity contribution in [3.8, 4) is 5.88 Å². The molecule has 0 radical (unpaired) electrons. The molecule has 0 aromatic carbocycles. The van der Waals surface area contributed by atoms with Gasteiger partial charge in [0.25, 0.3) is 0 Å². The molecule has 0 aliphatic carbocycles. The Labute approximate surface area is 65.4 Å². The molecule has 0 atom stereocenters. The van der Waals surface area contributed by atoms with Gasteiger partial charge in [0.15, 0.2) is 0 Å². The van der Waals surface area contributed by atoms with Crippen LogP contribution in [0.2, 0.25) is 0 Å². The van der Waals surface area contributed by atoms with E-state index in [9.17, 15) is 0 Å². The number of nitrogens with zero attached hydrogens (tertiary/aromatic N) is 2. The van der Waals surface area contributed by atoms with Crippen molar-refractivity contribution >= 4 is 0 Å². The third-order valence-corrected chi connectivity index (χ3v) is 1.20. The maximum atomic E-state index is 5.37. The molecule has 0 aliphatic heterocycles. The maximum Gasteiger partial charge on any atom is 0.216 e. The van der Waals surface area contributed by atoms with Crippen LogP contribution in [0.5, 0.6) is 5.88 Å². The summed E-state index contributed by atoms with van der Waals surface area (Å²) in [4.78, 5) is 7.81. The van der Waals surface area contributed by atoms with Gasteiger partial charge in [-0.15, -0.1) is 0 Å². The quantitative estimate of drug-likeness (QED) is 0.680. The second kappa shape index (κ2) is 3.88. The van der Waals surface area contributed by atoms with Gasteiger partial charge in [0.1, 0.15) is 6.33 Å². The van der Waals surface area contributed by atoms with Crippen LogP contribution in [0, 0.1) is 0 Å². The van der Waals surface area contributed by atoms with Crippen molar-refractivity contribution in [2.45, 2.75) is 13.5 Å². The first-order chi connectivity index (χ1) is 5.36. The zero-order valence-electron chi connectivity index (χ0n) is 6.45. The van der Waals surface area contributed by atoms with Crippen molar-refractivity contribution in [1.82, 2.24) is 9.97 Å². The van der Waals surface area contributed by atoms with Crippen LogP contribution in [0.1, 0.15) is 12.6 Å². The SMILES string of the molecule is CCOc1cc(CN)ncn1. The zero-order chi connectivity index (χ0) is 8.10. The summed E-state index contributed by atoms with van der Waals surface area (Å²) in [5.74, 6) is 0.586. The van der Waals surface area contributed by atoms with E-state index in [1.54, 1.807) is 6.07 Å². The van der Waals surface area contributed by atoms with E-state index in [-0.39, 0.29) is 0 Å². The number of hydrogen-bond acceptors (Lipinski definition) is 4. The van der Waals surface area contributed by atoms with Crippen LogP contribution in [0.4, 0.5) is 0 Å². The van der Waals surface area contributed by atoms with Crippen LogP contribution in [0.25, 0.3) is 0 Å². The second-order valence-corrected chi connectivity index (χ2v) is 1.98. The molecule has 60 valence electrons. The van der Waals surface area contributed by atoms with E-state index >= 15 is 0 Å². The van der Waals surface area contributed by atoms with E-state index in [0.717, 1.165) is 5.69 Å². The van der Waals surface area contributed by atoms with E-state index in [2.05, 4.69) is 9.97 Å². The molecule has 0 saturated carbocycles. The van der Waals surface area contributed by atoms with Gasteiger partial charge >= 0.3 is 0 Å². The van der Waals surface area contributed by atoms with Crippen LogP contribution < -0.4 is 10.5 Å². The Balaban J connectivity index is 2.74. The van der Waals surface area contributed by atoms with Gasteiger partial charge < -0.3 is 10.5 Å². The lowest BCUT2D eigenvalue weighted by atomic mass is 10.4. The molecule has 0 fully saturated rings. The predicted molar refractivity (Wildman–Crippen MR) is 41.1 cm³/mol. The summed E-state index contributed by atoms with van der Waals surface area (Å²) < 4.78 is 5.14. The van der Waals surface area contributed by atoms with Crippen molar-refractivity contribution in [3.05, 3.63) is 18.1 Å². The van der Waals surface area contributed by atoms with E-state index < -0.39 is 0 Å². The van der Waals surface area contributed by atoms with Gasteiger partial charge in [-0.1, -0.05) is 0 Å². The van der Waals surface area contributed by atoms with Crippen molar-refractivity contribution < 1.29 is 4.74 Å². The molecule has 1 rings (SSSR count). The number of ether oxygens (including phenoxy) is 1. The smallest absolute Gasteiger partial charge is 0.216 e. The Kier molecular flexibility index (Phi) is 2.80. The Morgan fingerprint density at radius 2 is 2.36 bits per heavy atom. The maximum absolute atomic E-state index is 5.37. The second-order valence-electron chi connectivity index (χ2n) is 1.98. The van der Waals surface area contributed by atoms with E-state index in [1.807, 2.05) is 6.92 Å². The lowest BCUT2D eigenvalue weighted by molar-refractivity contribution is 0.325. The normalized spacial score (nSPS) is 9.64. The Morgan fingerprint density at radius 3 is 3.00 bits per heavy atom. The van der Waals surface area contributed by atoms with Gasteiger partial charge in [-0.3, -0.25) is 0 Å². The zero-order valence-corrected chi connectivity index (χ0v) is 6.45. The molecule has 1 heterocycles. The lowest BCUT2D eigenvalue weighted by Crippen LogP contribution is -2.02. The molecule has 0 unspecified atom stereocenters. The predicted octanol–water partition coefficient (Wildman–Crippen LogP) is 0.334. The molecule has 0 amide bonds.